The number of nitrogens with one attached hydrogen (secondary N) is 2. The summed E-state index contributed by atoms with van der Waals surface area (Å²) in [5, 5.41) is 15.5. The van der Waals surface area contributed by atoms with E-state index in [9.17, 15) is 24.0 Å². The molecule has 0 spiro atoms. The third-order valence-electron chi connectivity index (χ3n) is 15.4. The molecule has 4 aliphatic rings. The fourth-order valence-electron chi connectivity index (χ4n) is 11.4. The zero-order valence-electron chi connectivity index (χ0n) is 40.5. The molecule has 0 bridgehead atoms. The molecule has 11 rings (SSSR count). The summed E-state index contributed by atoms with van der Waals surface area (Å²) in [6.07, 6.45) is 8.38. The minimum absolute atomic E-state index is 0.0107. The van der Waals surface area contributed by atoms with E-state index < -0.39 is 17.8 Å². The maximum absolute atomic E-state index is 16.2. The highest BCUT2D eigenvalue weighted by molar-refractivity contribution is 6.00. The van der Waals surface area contributed by atoms with Gasteiger partial charge in [0.05, 0.1) is 23.3 Å². The molecule has 71 heavy (non-hydrogen) atoms. The number of imide groups is 1. The molecule has 2 fully saturated rings. The number of hydrogen-bond acceptors (Lipinski definition) is 11. The lowest BCUT2D eigenvalue weighted by molar-refractivity contribution is -0.135. The van der Waals surface area contributed by atoms with Crippen LogP contribution in [-0.4, -0.2) is 105 Å². The monoisotopic (exact) mass is 961 g/mol. The first-order valence-electron chi connectivity index (χ1n) is 24.4. The van der Waals surface area contributed by atoms with Gasteiger partial charge in [-0.15, -0.1) is 10.2 Å². The number of carbonyl (C=O) groups excluding carboxylic acids is 3. The number of aryl methyl sites for hydroxylation is 3. The normalized spacial score (nSPS) is 18.5. The van der Waals surface area contributed by atoms with Gasteiger partial charge in [0.2, 0.25) is 11.8 Å². The van der Waals surface area contributed by atoms with Gasteiger partial charge in [-0.1, -0.05) is 6.08 Å². The molecule has 18 nitrogen and oxygen atoms in total. The second-order valence-corrected chi connectivity index (χ2v) is 19.3. The average molecular weight is 962 g/mol. The molecule has 366 valence electrons. The van der Waals surface area contributed by atoms with Crippen LogP contribution in [0.15, 0.2) is 82.7 Å². The molecule has 4 aliphatic heterocycles. The zero-order chi connectivity index (χ0) is 49.4. The van der Waals surface area contributed by atoms with E-state index in [1.54, 1.807) is 52.7 Å². The van der Waals surface area contributed by atoms with E-state index >= 15 is 4.39 Å². The molecule has 7 aromatic rings. The van der Waals surface area contributed by atoms with Crippen LogP contribution in [0.25, 0.3) is 33.3 Å². The van der Waals surface area contributed by atoms with E-state index in [1.165, 1.54) is 10.6 Å². The Morgan fingerprint density at radius 2 is 1.70 bits per heavy atom. The summed E-state index contributed by atoms with van der Waals surface area (Å²) in [7, 11) is 5.48. The fourth-order valence-corrected chi connectivity index (χ4v) is 11.4. The molecule has 9 heterocycles. The van der Waals surface area contributed by atoms with E-state index in [2.05, 4.69) is 63.8 Å². The predicted molar refractivity (Wildman–Crippen MR) is 267 cm³/mol. The SMILES string of the molecule is CNc1ccn(-c2ccnc3c2cc([C@H](C)N2CC=C(c4c(C)cc(C(=O)N5CCn6c(nnc6C6CCN(c7ccc8c(c7)n(C)c(=O)n8C7CCC(=O)NC7=O)CC6)C5)cc4F)CC2)n3C)c(=O)c1. The second kappa shape index (κ2) is 17.9. The van der Waals surface area contributed by atoms with Crippen molar-refractivity contribution in [3.63, 3.8) is 0 Å². The number of imidazole rings is 1. The number of carbonyl (C=O) groups is 3. The van der Waals surface area contributed by atoms with E-state index in [0.29, 0.717) is 55.1 Å². The highest BCUT2D eigenvalue weighted by Gasteiger charge is 2.34. The lowest BCUT2D eigenvalue weighted by atomic mass is 9.92. The Labute approximate surface area is 408 Å². The highest BCUT2D eigenvalue weighted by Crippen LogP contribution is 2.36. The van der Waals surface area contributed by atoms with E-state index in [1.807, 2.05) is 44.3 Å². The highest BCUT2D eigenvalue weighted by atomic mass is 19.1. The number of benzene rings is 2. The summed E-state index contributed by atoms with van der Waals surface area (Å²) in [6, 6.07) is 15.7. The van der Waals surface area contributed by atoms with Crippen molar-refractivity contribution in [1.29, 1.82) is 0 Å². The first-order chi connectivity index (χ1) is 34.3. The van der Waals surface area contributed by atoms with Crippen LogP contribution in [0, 0.1) is 12.7 Å². The van der Waals surface area contributed by atoms with Crippen molar-refractivity contribution in [1.82, 2.24) is 53.1 Å². The van der Waals surface area contributed by atoms with Gasteiger partial charge in [0.15, 0.2) is 5.82 Å². The molecule has 19 heteroatoms. The zero-order valence-corrected chi connectivity index (χ0v) is 40.5. The molecule has 0 aliphatic carbocycles. The number of amides is 3. The van der Waals surface area contributed by atoms with Crippen molar-refractivity contribution < 1.29 is 18.8 Å². The number of rotatable bonds is 9. The molecule has 5 aromatic heterocycles. The third kappa shape index (κ3) is 7.91. The van der Waals surface area contributed by atoms with Crippen LogP contribution in [-0.2, 0) is 36.8 Å². The molecular formula is C52H56FN13O5. The summed E-state index contributed by atoms with van der Waals surface area (Å²) < 4.78 is 25.1. The molecule has 0 radical (unpaired) electrons. The lowest BCUT2D eigenvalue weighted by Crippen LogP contribution is -2.44. The number of aromatic nitrogens is 8. The quantitative estimate of drug-likeness (QED) is 0.179. The molecule has 2 atom stereocenters. The fraction of sp³-hybridized carbons (Fsp3) is 0.385. The summed E-state index contributed by atoms with van der Waals surface area (Å²) in [5.74, 6) is 0.375. The van der Waals surface area contributed by atoms with Crippen molar-refractivity contribution >= 4 is 56.7 Å². The third-order valence-corrected chi connectivity index (χ3v) is 15.4. The van der Waals surface area contributed by atoms with Crippen LogP contribution in [0.3, 0.4) is 0 Å². The molecule has 1 unspecified atom stereocenters. The van der Waals surface area contributed by atoms with Gasteiger partial charge in [-0.25, -0.2) is 14.2 Å². The molecule has 2 saturated heterocycles. The number of fused-ring (bicyclic) bond motifs is 3. The van der Waals surface area contributed by atoms with Gasteiger partial charge < -0.3 is 24.3 Å². The van der Waals surface area contributed by atoms with E-state index in [0.717, 1.165) is 82.2 Å². The molecule has 2 N–H and O–H groups in total. The topological polar surface area (TPSA) is 182 Å². The standard InChI is InChI=1S/C52H56FN13O5/c1-30-24-34(25-38(53)47(30)32-11-17-61(18-12-32)31(2)42-28-37-39(10-16-55-49(37)59(42)4)64-21-15-35(54-3)26-46(64)68)51(70)63-22-23-65-44(29-63)57-58-48(65)33-13-19-62(20-14-33)36-6-7-40-43(27-36)60(5)52(71)66(40)41-8-9-45(67)56-50(41)69/h6-7,10-11,15-16,21,24-28,31,33,41,54H,8-9,12-14,17-20,22-23,29H2,1-5H3,(H,56,67,69)/t31-,41?/m0/s1. The Bertz CT molecular complexity index is 3460. The number of hydrogen-bond donors (Lipinski definition) is 2. The number of pyridine rings is 2. The van der Waals surface area contributed by atoms with Crippen molar-refractivity contribution in [3.05, 3.63) is 134 Å². The van der Waals surface area contributed by atoms with Crippen LogP contribution < -0.4 is 26.8 Å². The first-order valence-corrected chi connectivity index (χ1v) is 24.4. The van der Waals surface area contributed by atoms with Crippen LogP contribution in [0.5, 0.6) is 0 Å². The Morgan fingerprint density at radius 3 is 2.44 bits per heavy atom. The van der Waals surface area contributed by atoms with Gasteiger partial charge >= 0.3 is 5.69 Å². The van der Waals surface area contributed by atoms with Gasteiger partial charge in [0, 0.05) is 131 Å². The van der Waals surface area contributed by atoms with E-state index in [-0.39, 0.29) is 54.4 Å². The number of anilines is 2. The molecular weight excluding hydrogens is 906 g/mol. The van der Waals surface area contributed by atoms with Crippen LogP contribution in [0.4, 0.5) is 15.8 Å². The van der Waals surface area contributed by atoms with Gasteiger partial charge in [0.25, 0.3) is 11.5 Å². The largest absolute Gasteiger partial charge is 0.388 e. The molecule has 0 saturated carbocycles. The maximum Gasteiger partial charge on any atom is 0.329 e. The van der Waals surface area contributed by atoms with Gasteiger partial charge in [-0.2, -0.15) is 0 Å². The molecule has 3 amide bonds. The first kappa shape index (κ1) is 45.8. The maximum atomic E-state index is 16.2. The van der Waals surface area contributed by atoms with Crippen molar-refractivity contribution in [3.8, 4) is 5.69 Å². The smallest absolute Gasteiger partial charge is 0.329 e. The van der Waals surface area contributed by atoms with Gasteiger partial charge in [0.1, 0.15) is 23.3 Å². The number of halogens is 1. The van der Waals surface area contributed by atoms with Crippen LogP contribution in [0.2, 0.25) is 0 Å². The lowest BCUT2D eigenvalue weighted by Gasteiger charge is -2.34. The van der Waals surface area contributed by atoms with Gasteiger partial charge in [-0.05, 0) is 99.2 Å². The average Bonchev–Trinajstić information content (AvgIpc) is 4.03. The van der Waals surface area contributed by atoms with Crippen molar-refractivity contribution in [2.45, 2.75) is 77.0 Å². The molecule has 2 aromatic carbocycles. The van der Waals surface area contributed by atoms with Gasteiger partial charge in [-0.3, -0.25) is 43.1 Å². The summed E-state index contributed by atoms with van der Waals surface area (Å²) in [6.45, 7) is 8.15. The predicted octanol–water partition coefficient (Wildman–Crippen LogP) is 5.33. The number of piperidine rings is 2. The number of nitrogens with zero attached hydrogens (tertiary/aromatic N) is 11. The Balaban J connectivity index is 0.727. The minimum atomic E-state index is -0.735. The minimum Gasteiger partial charge on any atom is -0.388 e. The Morgan fingerprint density at radius 1 is 0.887 bits per heavy atom. The Hall–Kier alpha value is -7.67. The summed E-state index contributed by atoms with van der Waals surface area (Å²) >= 11 is 0. The second-order valence-electron chi connectivity index (χ2n) is 19.3. The van der Waals surface area contributed by atoms with Crippen LogP contribution >= 0.6 is 0 Å². The van der Waals surface area contributed by atoms with Crippen molar-refractivity contribution in [2.24, 2.45) is 14.1 Å². The Kier molecular flexibility index (Phi) is 11.6. The summed E-state index contributed by atoms with van der Waals surface area (Å²) in [4.78, 5) is 75.9. The van der Waals surface area contributed by atoms with E-state index in [4.69, 9.17) is 0 Å². The summed E-state index contributed by atoms with van der Waals surface area (Å²) in [5.41, 5.74) is 7.78. The van der Waals surface area contributed by atoms with Crippen molar-refractivity contribution in [2.75, 3.05) is 50.0 Å². The van der Waals surface area contributed by atoms with Crippen LogP contribution in [0.1, 0.15) is 95.9 Å².